The first-order chi connectivity index (χ1) is 16.5. The zero-order valence-corrected chi connectivity index (χ0v) is 21.1. The number of amides is 2. The van der Waals surface area contributed by atoms with Gasteiger partial charge in [0.1, 0.15) is 0 Å². The molecule has 0 aliphatic rings. The Balaban J connectivity index is 1.51. The fraction of sp³-hybridized carbons (Fsp3) is 0. The van der Waals surface area contributed by atoms with Gasteiger partial charge in [-0.15, -0.1) is 0 Å². The van der Waals surface area contributed by atoms with E-state index < -0.39 is 11.6 Å². The van der Waals surface area contributed by atoms with Crippen LogP contribution in [-0.2, 0) is 0 Å². The van der Waals surface area contributed by atoms with Crippen molar-refractivity contribution in [1.29, 1.82) is 0 Å². The van der Waals surface area contributed by atoms with Gasteiger partial charge in [-0.2, -0.15) is 0 Å². The molecule has 4 rings (SSSR count). The topological polar surface area (TPSA) is 58.2 Å². The number of hydrogen-bond donors (Lipinski definition) is 2. The Morgan fingerprint density at radius 2 is 0.882 bits per heavy atom. The van der Waals surface area contributed by atoms with Gasteiger partial charge in [-0.25, -0.2) is 0 Å². The van der Waals surface area contributed by atoms with E-state index in [1.54, 1.807) is 48.5 Å². The van der Waals surface area contributed by atoms with Gasteiger partial charge in [0.2, 0.25) is 0 Å². The number of carbonyl (C=O) groups excluding carboxylic acids is 2. The van der Waals surface area contributed by atoms with Crippen molar-refractivity contribution in [1.82, 2.24) is 0 Å². The van der Waals surface area contributed by atoms with Crippen LogP contribution >= 0.6 is 0 Å². The van der Waals surface area contributed by atoms with E-state index in [-0.39, 0.29) is 49.5 Å². The van der Waals surface area contributed by atoms with E-state index in [9.17, 15) is 18.4 Å². The van der Waals surface area contributed by atoms with Crippen molar-refractivity contribution in [3.05, 3.63) is 120 Å². The molecular weight excluding hydrogens is 568 g/mol. The average molecular weight is 586 g/mol. The van der Waals surface area contributed by atoms with Crippen molar-refractivity contribution in [3.63, 3.8) is 0 Å². The summed E-state index contributed by atoms with van der Waals surface area (Å²) in [6, 6.07) is 26.4. The maximum atomic E-state index is 14.0. The Morgan fingerprint density at radius 1 is 0.529 bits per heavy atom. The summed E-state index contributed by atoms with van der Waals surface area (Å²) in [5.74, 6) is -1.77. The molecule has 4 aromatic carbocycles. The van der Waals surface area contributed by atoms with E-state index in [2.05, 4.69) is 10.6 Å². The average Bonchev–Trinajstić information content (AvgIpc) is 2.86. The molecule has 2 amide bonds. The predicted molar refractivity (Wildman–Crippen MR) is 132 cm³/mol. The molecule has 0 bridgehead atoms. The Morgan fingerprint density at radius 3 is 1.29 bits per heavy atom. The summed E-state index contributed by atoms with van der Waals surface area (Å²) in [4.78, 5) is 25.7. The summed E-state index contributed by atoms with van der Waals surface area (Å²) in [6.45, 7) is 0. The number of para-hydroxylation sites is 2. The number of benzene rings is 4. The van der Waals surface area contributed by atoms with Gasteiger partial charge >= 0.3 is 207 Å². The molecule has 4 aromatic rings. The van der Waals surface area contributed by atoms with Gasteiger partial charge in [0.25, 0.3) is 0 Å². The van der Waals surface area contributed by atoms with Gasteiger partial charge < -0.3 is 0 Å². The van der Waals surface area contributed by atoms with Crippen molar-refractivity contribution in [2.24, 2.45) is 0 Å². The van der Waals surface area contributed by atoms with Gasteiger partial charge in [-0.1, -0.05) is 0 Å². The molecule has 0 radical (unpaired) electrons. The number of carbonyl (C=O) groups is 2. The van der Waals surface area contributed by atoms with E-state index in [0.717, 1.165) is 8.92 Å². The first-order valence-corrected chi connectivity index (χ1v) is 16.2. The summed E-state index contributed by atoms with van der Waals surface area (Å²) in [6.07, 6.45) is 0. The van der Waals surface area contributed by atoms with Crippen LogP contribution in [-0.4, -0.2) is 38.1 Å². The van der Waals surface area contributed by atoms with E-state index in [4.69, 9.17) is 0 Å². The fourth-order valence-corrected chi connectivity index (χ4v) is 10.2. The van der Waals surface area contributed by atoms with Crippen LogP contribution in [0.4, 0.5) is 20.2 Å². The van der Waals surface area contributed by atoms with Crippen molar-refractivity contribution in [3.8, 4) is 0 Å². The standard InChI is InChI=1S/C26H18F2N2O2Se2/c27-19-11-3-5-13-21(19)29-25(31)17-9-1-7-15-23(17)33-34-24-16-8-2-10-18(24)26(32)30-22-14-6-4-12-20(22)28/h1-16H,(H,29,31)(H,30,32). The van der Waals surface area contributed by atoms with Crippen LogP contribution in [0, 0.1) is 11.6 Å². The second-order valence-corrected chi connectivity index (χ2v) is 13.2. The third-order valence-electron chi connectivity index (χ3n) is 4.73. The molecule has 0 saturated heterocycles. The number of rotatable bonds is 7. The fourth-order valence-electron chi connectivity index (χ4n) is 3.05. The van der Waals surface area contributed by atoms with Crippen LogP contribution < -0.4 is 19.6 Å². The normalized spacial score (nSPS) is 10.5. The molecule has 0 heterocycles. The van der Waals surface area contributed by atoms with Crippen LogP contribution in [0.25, 0.3) is 0 Å². The minimum atomic E-state index is -0.502. The Hall–Kier alpha value is -3.28. The van der Waals surface area contributed by atoms with Crippen LogP contribution in [0.2, 0.25) is 0 Å². The number of anilines is 2. The van der Waals surface area contributed by atoms with Gasteiger partial charge in [-0.3, -0.25) is 0 Å². The van der Waals surface area contributed by atoms with Gasteiger partial charge in [0, 0.05) is 0 Å². The number of nitrogens with one attached hydrogen (secondary N) is 2. The van der Waals surface area contributed by atoms with Crippen molar-refractivity contribution in [2.45, 2.75) is 0 Å². The first-order valence-electron chi connectivity index (χ1n) is 10.2. The molecule has 0 aromatic heterocycles. The van der Waals surface area contributed by atoms with E-state index in [0.29, 0.717) is 11.1 Å². The molecule has 0 unspecified atom stereocenters. The van der Waals surface area contributed by atoms with E-state index >= 15 is 0 Å². The number of halogens is 2. The maximum absolute atomic E-state index is 14.0. The SMILES string of the molecule is O=C(Nc1ccccc1F)c1ccccc1[Se][Se]c1ccccc1C(=O)Nc1ccccc1F. The summed E-state index contributed by atoms with van der Waals surface area (Å²) in [7, 11) is 0. The predicted octanol–water partition coefficient (Wildman–Crippen LogP) is 3.74. The van der Waals surface area contributed by atoms with E-state index in [1.165, 1.54) is 24.3 Å². The van der Waals surface area contributed by atoms with Gasteiger partial charge in [0.05, 0.1) is 0 Å². The first kappa shape index (κ1) is 23.9. The minimum absolute atomic E-state index is 0.121. The van der Waals surface area contributed by atoms with Crippen molar-refractivity contribution < 1.29 is 18.4 Å². The molecule has 0 spiro atoms. The van der Waals surface area contributed by atoms with Crippen LogP contribution in [0.5, 0.6) is 0 Å². The Labute approximate surface area is 206 Å². The summed E-state index contributed by atoms with van der Waals surface area (Å²) in [5, 5.41) is 5.26. The second kappa shape index (κ2) is 11.2. The van der Waals surface area contributed by atoms with E-state index in [1.807, 2.05) is 24.3 Å². The molecule has 34 heavy (non-hydrogen) atoms. The third kappa shape index (κ3) is 5.79. The zero-order chi connectivity index (χ0) is 23.9. The monoisotopic (exact) mass is 588 g/mol. The second-order valence-electron chi connectivity index (χ2n) is 7.03. The molecule has 0 saturated carbocycles. The van der Waals surface area contributed by atoms with Crippen LogP contribution in [0.3, 0.4) is 0 Å². The Kier molecular flexibility index (Phi) is 7.88. The number of hydrogen-bond acceptors (Lipinski definition) is 2. The van der Waals surface area contributed by atoms with Gasteiger partial charge in [0.15, 0.2) is 0 Å². The molecule has 2 N–H and O–H groups in total. The van der Waals surface area contributed by atoms with Crippen LogP contribution in [0.1, 0.15) is 20.7 Å². The molecule has 0 aliphatic heterocycles. The molecular formula is C26H18F2N2O2Se2. The van der Waals surface area contributed by atoms with Gasteiger partial charge in [-0.05, 0) is 0 Å². The molecule has 170 valence electrons. The summed E-state index contributed by atoms with van der Waals surface area (Å²) < 4.78 is 29.6. The third-order valence-corrected chi connectivity index (χ3v) is 12.0. The van der Waals surface area contributed by atoms with Crippen LogP contribution in [0.15, 0.2) is 97.1 Å². The van der Waals surface area contributed by atoms with Crippen molar-refractivity contribution in [2.75, 3.05) is 10.6 Å². The quantitative estimate of drug-likeness (QED) is 0.325. The molecule has 4 nitrogen and oxygen atoms in total. The summed E-state index contributed by atoms with van der Waals surface area (Å²) in [5.41, 5.74) is 1.19. The summed E-state index contributed by atoms with van der Waals surface area (Å²) >= 11 is -0.269. The molecule has 0 atom stereocenters. The zero-order valence-electron chi connectivity index (χ0n) is 17.6. The molecule has 0 aliphatic carbocycles. The molecule has 8 heteroatoms. The molecule has 0 fully saturated rings. The van der Waals surface area contributed by atoms with Crippen molar-refractivity contribution >= 4 is 58.4 Å². The Bertz CT molecular complexity index is 1240.